The van der Waals surface area contributed by atoms with Crippen molar-refractivity contribution in [3.8, 4) is 0 Å². The lowest BCUT2D eigenvalue weighted by molar-refractivity contribution is -0.139. The molecule has 0 radical (unpaired) electrons. The molecule has 3 nitrogen and oxygen atoms in total. The molecule has 0 aromatic carbocycles. The zero-order valence-electron chi connectivity index (χ0n) is 14.0. The van der Waals surface area contributed by atoms with E-state index < -0.39 is 0 Å². The number of rotatable bonds is 5. The first-order valence-electron chi connectivity index (χ1n) is 8.77. The Balaban J connectivity index is 1.66. The highest BCUT2D eigenvalue weighted by Crippen LogP contribution is 2.66. The third-order valence-corrected chi connectivity index (χ3v) is 6.30. The van der Waals surface area contributed by atoms with Gasteiger partial charge in [-0.1, -0.05) is 20.8 Å². The van der Waals surface area contributed by atoms with Crippen LogP contribution >= 0.6 is 0 Å². The standard InChI is InChI=1S/C18H32N2O/c1-13(9-19)4-5-15(21)20-18-8-14-6-16(2,11-18)10-17(3,7-14)12-18/h13-14H,4-12,19H2,1-3H3,(H,20,21). The van der Waals surface area contributed by atoms with Crippen molar-refractivity contribution in [3.05, 3.63) is 0 Å². The maximum absolute atomic E-state index is 12.4. The van der Waals surface area contributed by atoms with Crippen LogP contribution in [-0.2, 0) is 4.79 Å². The van der Waals surface area contributed by atoms with Gasteiger partial charge in [-0.2, -0.15) is 0 Å². The van der Waals surface area contributed by atoms with E-state index in [0.717, 1.165) is 12.3 Å². The molecule has 4 fully saturated rings. The van der Waals surface area contributed by atoms with Crippen LogP contribution in [0.25, 0.3) is 0 Å². The highest BCUT2D eigenvalue weighted by atomic mass is 16.1. The number of carbonyl (C=O) groups excluding carboxylic acids is 1. The Hall–Kier alpha value is -0.570. The summed E-state index contributed by atoms with van der Waals surface area (Å²) in [6, 6.07) is 0. The highest BCUT2D eigenvalue weighted by molar-refractivity contribution is 5.77. The third kappa shape index (κ3) is 2.99. The molecule has 0 aromatic heterocycles. The van der Waals surface area contributed by atoms with Gasteiger partial charge >= 0.3 is 0 Å². The number of amides is 1. The highest BCUT2D eigenvalue weighted by Gasteiger charge is 2.60. The van der Waals surface area contributed by atoms with Crippen molar-refractivity contribution in [2.24, 2.45) is 28.4 Å². The fourth-order valence-electron chi connectivity index (χ4n) is 6.44. The number of nitrogens with one attached hydrogen (secondary N) is 1. The Morgan fingerprint density at radius 3 is 2.33 bits per heavy atom. The van der Waals surface area contributed by atoms with Gasteiger partial charge in [-0.15, -0.1) is 0 Å². The molecule has 4 saturated carbocycles. The van der Waals surface area contributed by atoms with E-state index in [1.807, 2.05) is 0 Å². The number of hydrogen-bond acceptors (Lipinski definition) is 2. The molecule has 3 unspecified atom stereocenters. The van der Waals surface area contributed by atoms with Gasteiger partial charge < -0.3 is 11.1 Å². The van der Waals surface area contributed by atoms with E-state index in [2.05, 4.69) is 26.1 Å². The molecule has 3 heteroatoms. The molecule has 1 amide bonds. The van der Waals surface area contributed by atoms with Crippen molar-refractivity contribution in [2.45, 2.75) is 77.7 Å². The maximum Gasteiger partial charge on any atom is 0.220 e. The summed E-state index contributed by atoms with van der Waals surface area (Å²) in [4.78, 5) is 12.4. The molecule has 4 aliphatic carbocycles. The summed E-state index contributed by atoms with van der Waals surface area (Å²) in [5.74, 6) is 1.53. The van der Waals surface area contributed by atoms with Crippen molar-refractivity contribution in [3.63, 3.8) is 0 Å². The summed E-state index contributed by atoms with van der Waals surface area (Å²) >= 11 is 0. The minimum Gasteiger partial charge on any atom is -0.351 e. The van der Waals surface area contributed by atoms with E-state index >= 15 is 0 Å². The van der Waals surface area contributed by atoms with Gasteiger partial charge in [-0.25, -0.2) is 0 Å². The van der Waals surface area contributed by atoms with Gasteiger partial charge in [0.2, 0.25) is 5.91 Å². The summed E-state index contributed by atoms with van der Waals surface area (Å²) in [6.45, 7) is 7.71. The van der Waals surface area contributed by atoms with Crippen LogP contribution < -0.4 is 11.1 Å². The largest absolute Gasteiger partial charge is 0.351 e. The zero-order chi connectivity index (χ0) is 15.3. The fourth-order valence-corrected chi connectivity index (χ4v) is 6.44. The van der Waals surface area contributed by atoms with Crippen molar-refractivity contribution in [2.75, 3.05) is 6.54 Å². The van der Waals surface area contributed by atoms with Crippen molar-refractivity contribution in [1.29, 1.82) is 0 Å². The minimum absolute atomic E-state index is 0.103. The smallest absolute Gasteiger partial charge is 0.220 e. The van der Waals surface area contributed by atoms with Crippen molar-refractivity contribution in [1.82, 2.24) is 5.32 Å². The average Bonchev–Trinajstić information content (AvgIpc) is 2.30. The van der Waals surface area contributed by atoms with Crippen LogP contribution in [-0.4, -0.2) is 18.0 Å². The molecule has 3 N–H and O–H groups in total. The topological polar surface area (TPSA) is 55.1 Å². The molecule has 0 heterocycles. The maximum atomic E-state index is 12.4. The Labute approximate surface area is 129 Å². The molecule has 3 atom stereocenters. The Bertz CT molecular complexity index is 415. The number of hydrogen-bond donors (Lipinski definition) is 2. The first-order chi connectivity index (χ1) is 9.76. The van der Waals surface area contributed by atoms with E-state index in [-0.39, 0.29) is 11.4 Å². The molecule has 4 aliphatic rings. The first-order valence-corrected chi connectivity index (χ1v) is 8.77. The molecular weight excluding hydrogens is 260 g/mol. The van der Waals surface area contributed by atoms with E-state index in [0.29, 0.717) is 29.7 Å². The van der Waals surface area contributed by atoms with Crippen LogP contribution in [0.4, 0.5) is 0 Å². The molecule has 21 heavy (non-hydrogen) atoms. The molecule has 4 rings (SSSR count). The Morgan fingerprint density at radius 1 is 1.19 bits per heavy atom. The second-order valence-corrected chi connectivity index (χ2v) is 9.34. The molecular formula is C18H32N2O. The third-order valence-electron chi connectivity index (χ3n) is 6.30. The number of carbonyl (C=O) groups is 1. The second-order valence-electron chi connectivity index (χ2n) is 9.34. The molecule has 0 saturated heterocycles. The number of nitrogens with two attached hydrogens (primary N) is 1. The lowest BCUT2D eigenvalue weighted by atomic mass is 9.43. The lowest BCUT2D eigenvalue weighted by Gasteiger charge is -2.65. The van der Waals surface area contributed by atoms with Gasteiger partial charge in [-0.05, 0) is 74.2 Å². The molecule has 0 aliphatic heterocycles. The average molecular weight is 292 g/mol. The summed E-state index contributed by atoms with van der Waals surface area (Å²) < 4.78 is 0. The lowest BCUT2D eigenvalue weighted by Crippen LogP contribution is -2.65. The first kappa shape index (κ1) is 15.3. The van der Waals surface area contributed by atoms with Crippen molar-refractivity contribution < 1.29 is 4.79 Å². The van der Waals surface area contributed by atoms with Crippen LogP contribution in [0.2, 0.25) is 0 Å². The Kier molecular flexibility index (Phi) is 3.63. The fraction of sp³-hybridized carbons (Fsp3) is 0.944. The predicted molar refractivity (Wildman–Crippen MR) is 85.7 cm³/mol. The summed E-state index contributed by atoms with van der Waals surface area (Å²) in [5.41, 5.74) is 6.68. The van der Waals surface area contributed by atoms with Crippen LogP contribution in [0.3, 0.4) is 0 Å². The van der Waals surface area contributed by atoms with Gasteiger partial charge in [0.25, 0.3) is 0 Å². The van der Waals surface area contributed by atoms with E-state index in [9.17, 15) is 4.79 Å². The summed E-state index contributed by atoms with van der Waals surface area (Å²) in [6.07, 6.45) is 9.28. The molecule has 120 valence electrons. The van der Waals surface area contributed by atoms with Gasteiger partial charge in [0.15, 0.2) is 0 Å². The van der Waals surface area contributed by atoms with Gasteiger partial charge in [0.05, 0.1) is 0 Å². The summed E-state index contributed by atoms with van der Waals surface area (Å²) in [7, 11) is 0. The molecule has 0 spiro atoms. The van der Waals surface area contributed by atoms with E-state index in [4.69, 9.17) is 5.73 Å². The quantitative estimate of drug-likeness (QED) is 0.817. The predicted octanol–water partition coefficient (Wildman–Crippen LogP) is 3.23. The van der Waals surface area contributed by atoms with Crippen LogP contribution in [0.1, 0.15) is 72.1 Å². The van der Waals surface area contributed by atoms with Gasteiger partial charge in [0, 0.05) is 12.0 Å². The van der Waals surface area contributed by atoms with Crippen molar-refractivity contribution >= 4 is 5.91 Å². The SMILES string of the molecule is CC(CN)CCC(=O)NC12CC3CC(C)(CC(C)(C3)C1)C2. The second kappa shape index (κ2) is 4.97. The monoisotopic (exact) mass is 292 g/mol. The van der Waals surface area contributed by atoms with E-state index in [1.54, 1.807) is 0 Å². The minimum atomic E-state index is 0.103. The van der Waals surface area contributed by atoms with Gasteiger partial charge in [-0.3, -0.25) is 4.79 Å². The normalized spacial score (nSPS) is 45.6. The molecule has 4 bridgehead atoms. The van der Waals surface area contributed by atoms with Gasteiger partial charge in [0.1, 0.15) is 0 Å². The Morgan fingerprint density at radius 2 is 1.81 bits per heavy atom. The summed E-state index contributed by atoms with van der Waals surface area (Å²) in [5, 5.41) is 3.47. The van der Waals surface area contributed by atoms with Crippen LogP contribution in [0.5, 0.6) is 0 Å². The molecule has 0 aromatic rings. The zero-order valence-corrected chi connectivity index (χ0v) is 14.0. The van der Waals surface area contributed by atoms with Crippen LogP contribution in [0.15, 0.2) is 0 Å². The van der Waals surface area contributed by atoms with Crippen LogP contribution in [0, 0.1) is 22.7 Å². The van der Waals surface area contributed by atoms with E-state index in [1.165, 1.54) is 38.5 Å².